The summed E-state index contributed by atoms with van der Waals surface area (Å²) < 4.78 is 1.87. The maximum Gasteiger partial charge on any atom is 0.323 e. The van der Waals surface area contributed by atoms with Crippen molar-refractivity contribution in [1.82, 2.24) is 4.57 Å². The lowest BCUT2D eigenvalue weighted by atomic mass is 10.0. The fraction of sp³-hybridized carbons (Fsp3) is 0.400. The number of aromatic nitrogens is 1. The van der Waals surface area contributed by atoms with Gasteiger partial charge in [-0.2, -0.15) is 0 Å². The Bertz CT molecular complexity index is 596. The summed E-state index contributed by atoms with van der Waals surface area (Å²) in [6, 6.07) is 4.17. The Morgan fingerprint density at radius 3 is 2.56 bits per heavy atom. The third-order valence-corrected chi connectivity index (χ3v) is 3.33. The highest BCUT2D eigenvalue weighted by molar-refractivity contribution is 5.90. The molecule has 0 saturated carbocycles. The van der Waals surface area contributed by atoms with Gasteiger partial charge in [0.25, 0.3) is 0 Å². The first-order valence-electron chi connectivity index (χ1n) is 6.34. The molecule has 96 valence electrons. The molecular formula is C15H19NO2. The third kappa shape index (κ3) is 2.13. The van der Waals surface area contributed by atoms with Gasteiger partial charge in [0.2, 0.25) is 0 Å². The van der Waals surface area contributed by atoms with E-state index in [4.69, 9.17) is 5.11 Å². The maximum absolute atomic E-state index is 11.0. The predicted molar refractivity (Wildman–Crippen MR) is 73.0 cm³/mol. The summed E-state index contributed by atoms with van der Waals surface area (Å²) in [5, 5.41) is 10.2. The molecule has 1 aromatic heterocycles. The van der Waals surface area contributed by atoms with E-state index in [-0.39, 0.29) is 6.54 Å². The van der Waals surface area contributed by atoms with E-state index in [2.05, 4.69) is 26.0 Å². The molecule has 3 heteroatoms. The second kappa shape index (κ2) is 4.84. The summed E-state index contributed by atoms with van der Waals surface area (Å²) in [7, 11) is 0. The largest absolute Gasteiger partial charge is 0.480 e. The quantitative estimate of drug-likeness (QED) is 0.898. The Balaban J connectivity index is 2.71. The van der Waals surface area contributed by atoms with Crippen LogP contribution in [0.2, 0.25) is 0 Å². The molecule has 0 bridgehead atoms. The molecule has 0 aliphatic heterocycles. The molecule has 0 unspecified atom stereocenters. The molecule has 1 N–H and O–H groups in total. The van der Waals surface area contributed by atoms with Crippen LogP contribution in [-0.2, 0) is 17.8 Å². The molecule has 18 heavy (non-hydrogen) atoms. The van der Waals surface area contributed by atoms with Crippen LogP contribution in [-0.4, -0.2) is 15.6 Å². The lowest BCUT2D eigenvalue weighted by Crippen LogP contribution is -2.07. The summed E-state index contributed by atoms with van der Waals surface area (Å²) in [5.41, 5.74) is 4.69. The van der Waals surface area contributed by atoms with Gasteiger partial charge in [0.15, 0.2) is 0 Å². The van der Waals surface area contributed by atoms with E-state index in [1.807, 2.05) is 17.7 Å². The van der Waals surface area contributed by atoms with Crippen LogP contribution in [0.1, 0.15) is 30.0 Å². The summed E-state index contributed by atoms with van der Waals surface area (Å²) in [5.74, 6) is -0.796. The zero-order chi connectivity index (χ0) is 13.3. The van der Waals surface area contributed by atoms with Gasteiger partial charge in [0.1, 0.15) is 6.54 Å². The minimum absolute atomic E-state index is 0.0322. The highest BCUT2D eigenvalue weighted by atomic mass is 16.4. The number of carboxylic acids is 1. The Hall–Kier alpha value is -1.77. The van der Waals surface area contributed by atoms with Crippen molar-refractivity contribution in [3.63, 3.8) is 0 Å². The van der Waals surface area contributed by atoms with Crippen molar-refractivity contribution in [2.24, 2.45) is 0 Å². The van der Waals surface area contributed by atoms with E-state index in [1.54, 1.807) is 0 Å². The van der Waals surface area contributed by atoms with E-state index in [9.17, 15) is 4.79 Å². The maximum atomic E-state index is 11.0. The minimum atomic E-state index is -0.796. The fourth-order valence-electron chi connectivity index (χ4n) is 2.62. The van der Waals surface area contributed by atoms with Crippen LogP contribution in [0.25, 0.3) is 10.9 Å². The van der Waals surface area contributed by atoms with Crippen LogP contribution in [0.5, 0.6) is 0 Å². The molecule has 2 rings (SSSR count). The van der Waals surface area contributed by atoms with Gasteiger partial charge >= 0.3 is 5.97 Å². The van der Waals surface area contributed by atoms with Crippen molar-refractivity contribution in [3.8, 4) is 0 Å². The van der Waals surface area contributed by atoms with Crippen LogP contribution in [0, 0.1) is 13.8 Å². The van der Waals surface area contributed by atoms with E-state index < -0.39 is 5.97 Å². The van der Waals surface area contributed by atoms with Gasteiger partial charge in [-0.15, -0.1) is 0 Å². The fourth-order valence-corrected chi connectivity index (χ4v) is 2.62. The second-order valence-corrected chi connectivity index (χ2v) is 4.85. The summed E-state index contributed by atoms with van der Waals surface area (Å²) in [4.78, 5) is 11.0. The van der Waals surface area contributed by atoms with E-state index in [0.29, 0.717) is 0 Å². The molecule has 0 saturated heterocycles. The van der Waals surface area contributed by atoms with Crippen molar-refractivity contribution in [2.75, 3.05) is 0 Å². The van der Waals surface area contributed by atoms with Crippen molar-refractivity contribution < 1.29 is 9.90 Å². The normalized spacial score (nSPS) is 11.1. The molecule has 0 aliphatic rings. The highest BCUT2D eigenvalue weighted by Gasteiger charge is 2.13. The Morgan fingerprint density at radius 2 is 1.94 bits per heavy atom. The molecule has 0 amide bonds. The number of aliphatic carboxylic acids is 1. The van der Waals surface area contributed by atoms with Gasteiger partial charge in [-0.1, -0.05) is 25.5 Å². The summed E-state index contributed by atoms with van der Waals surface area (Å²) >= 11 is 0. The van der Waals surface area contributed by atoms with Crippen molar-refractivity contribution in [1.29, 1.82) is 0 Å². The number of fused-ring (bicyclic) bond motifs is 1. The average molecular weight is 245 g/mol. The van der Waals surface area contributed by atoms with Crippen LogP contribution in [0.3, 0.4) is 0 Å². The average Bonchev–Trinajstić information content (AvgIpc) is 2.63. The number of hydrogen-bond acceptors (Lipinski definition) is 1. The molecule has 1 aromatic carbocycles. The number of nitrogens with zero attached hydrogens (tertiary/aromatic N) is 1. The molecule has 0 aliphatic carbocycles. The lowest BCUT2D eigenvalue weighted by molar-refractivity contribution is -0.137. The standard InChI is InChI=1S/C15H19NO2/c1-4-5-12-8-16(9-13(17)18)15-11(3)7-6-10(2)14(12)15/h6-8H,4-5,9H2,1-3H3,(H,17,18). The second-order valence-electron chi connectivity index (χ2n) is 4.85. The molecule has 3 nitrogen and oxygen atoms in total. The van der Waals surface area contributed by atoms with Crippen LogP contribution < -0.4 is 0 Å². The molecule has 0 radical (unpaired) electrons. The Labute approximate surface area is 107 Å². The van der Waals surface area contributed by atoms with Crippen LogP contribution in [0.15, 0.2) is 18.3 Å². The first kappa shape index (κ1) is 12.7. The lowest BCUT2D eigenvalue weighted by Gasteiger charge is -2.06. The van der Waals surface area contributed by atoms with Crippen molar-refractivity contribution in [2.45, 2.75) is 40.2 Å². The number of benzene rings is 1. The molecule has 1 heterocycles. The van der Waals surface area contributed by atoms with Gasteiger partial charge in [-0.05, 0) is 37.0 Å². The summed E-state index contributed by atoms with van der Waals surface area (Å²) in [6.07, 6.45) is 4.06. The monoisotopic (exact) mass is 245 g/mol. The number of aryl methyl sites for hydroxylation is 3. The number of hydrogen-bond donors (Lipinski definition) is 1. The first-order chi connectivity index (χ1) is 8.54. The molecule has 2 aromatic rings. The van der Waals surface area contributed by atoms with E-state index in [1.165, 1.54) is 16.5 Å². The van der Waals surface area contributed by atoms with Crippen molar-refractivity contribution in [3.05, 3.63) is 35.0 Å². The number of carboxylic acid groups (broad SMARTS) is 1. The molecule has 0 spiro atoms. The zero-order valence-electron chi connectivity index (χ0n) is 11.2. The Kier molecular flexibility index (Phi) is 3.41. The predicted octanol–water partition coefficient (Wildman–Crippen LogP) is 3.30. The smallest absolute Gasteiger partial charge is 0.323 e. The van der Waals surface area contributed by atoms with Gasteiger partial charge in [-0.3, -0.25) is 4.79 Å². The zero-order valence-corrected chi connectivity index (χ0v) is 11.2. The first-order valence-corrected chi connectivity index (χ1v) is 6.34. The SMILES string of the molecule is CCCc1cn(CC(=O)O)c2c(C)ccc(C)c12. The van der Waals surface area contributed by atoms with Gasteiger partial charge in [-0.25, -0.2) is 0 Å². The number of carbonyl (C=O) groups is 1. The topological polar surface area (TPSA) is 42.2 Å². The van der Waals surface area contributed by atoms with Gasteiger partial charge in [0.05, 0.1) is 5.52 Å². The molecule has 0 fully saturated rings. The van der Waals surface area contributed by atoms with Crippen molar-refractivity contribution >= 4 is 16.9 Å². The van der Waals surface area contributed by atoms with E-state index in [0.717, 1.165) is 23.9 Å². The van der Waals surface area contributed by atoms with Gasteiger partial charge in [0, 0.05) is 11.6 Å². The number of rotatable bonds is 4. The van der Waals surface area contributed by atoms with Crippen LogP contribution >= 0.6 is 0 Å². The third-order valence-electron chi connectivity index (χ3n) is 3.33. The molecule has 0 atom stereocenters. The highest BCUT2D eigenvalue weighted by Crippen LogP contribution is 2.28. The molecular weight excluding hydrogens is 226 g/mol. The van der Waals surface area contributed by atoms with Crippen LogP contribution in [0.4, 0.5) is 0 Å². The van der Waals surface area contributed by atoms with E-state index >= 15 is 0 Å². The summed E-state index contributed by atoms with van der Waals surface area (Å²) in [6.45, 7) is 6.30. The van der Waals surface area contributed by atoms with Gasteiger partial charge < -0.3 is 9.67 Å². The minimum Gasteiger partial charge on any atom is -0.480 e. The Morgan fingerprint density at radius 1 is 1.28 bits per heavy atom.